The molecule has 0 spiro atoms. The maximum Gasteiger partial charge on any atom is 0.307 e. The molecule has 0 bridgehead atoms. The molecule has 0 saturated heterocycles. The van der Waals surface area contributed by atoms with Crippen molar-refractivity contribution in [1.82, 2.24) is 0 Å². The lowest BCUT2D eigenvalue weighted by Crippen LogP contribution is -2.00. The zero-order valence-electron chi connectivity index (χ0n) is 13.3. The number of aliphatic carboxylic acids is 1. The van der Waals surface area contributed by atoms with E-state index in [9.17, 15) is 4.79 Å². The van der Waals surface area contributed by atoms with Gasteiger partial charge in [-0.1, -0.05) is 31.2 Å². The number of carboxylic acid groups (broad SMARTS) is 1. The fourth-order valence-electron chi connectivity index (χ4n) is 2.54. The lowest BCUT2D eigenvalue weighted by molar-refractivity contribution is -0.136. The Morgan fingerprint density at radius 3 is 2.14 bits per heavy atom. The first-order valence-electron chi connectivity index (χ1n) is 7.56. The van der Waals surface area contributed by atoms with Gasteiger partial charge in [0.15, 0.2) is 0 Å². The predicted molar refractivity (Wildman–Crippen MR) is 88.5 cm³/mol. The van der Waals surface area contributed by atoms with Crippen molar-refractivity contribution in [3.63, 3.8) is 0 Å². The van der Waals surface area contributed by atoms with E-state index in [0.717, 1.165) is 46.6 Å². The van der Waals surface area contributed by atoms with Gasteiger partial charge in [-0.15, -0.1) is 0 Å². The Labute approximate surface area is 131 Å². The first-order valence-corrected chi connectivity index (χ1v) is 7.56. The van der Waals surface area contributed by atoms with Crippen molar-refractivity contribution >= 4 is 5.97 Å². The normalized spacial score (nSPS) is 10.5. The highest BCUT2D eigenvalue weighted by Gasteiger charge is 2.08. The van der Waals surface area contributed by atoms with Crippen LogP contribution in [0.1, 0.15) is 30.0 Å². The molecular weight excluding hydrogens is 276 g/mol. The number of ether oxygens (including phenoxy) is 1. The van der Waals surface area contributed by atoms with Crippen molar-refractivity contribution in [1.29, 1.82) is 0 Å². The third-order valence-electron chi connectivity index (χ3n) is 3.55. The molecule has 22 heavy (non-hydrogen) atoms. The highest BCUT2D eigenvalue weighted by molar-refractivity contribution is 5.72. The second-order valence-electron chi connectivity index (χ2n) is 5.56. The summed E-state index contributed by atoms with van der Waals surface area (Å²) in [6.45, 7) is 6.93. The molecule has 116 valence electrons. The number of aryl methyl sites for hydroxylation is 2. The SMILES string of the molecule is CCCOc1c(C)cc(-c2ccc(CC(=O)O)cc2)cc1C. The number of benzene rings is 2. The van der Waals surface area contributed by atoms with Gasteiger partial charge in [-0.05, 0) is 60.2 Å². The van der Waals surface area contributed by atoms with Crippen molar-refractivity contribution < 1.29 is 14.6 Å². The Morgan fingerprint density at radius 2 is 1.64 bits per heavy atom. The molecule has 0 heterocycles. The molecule has 0 amide bonds. The van der Waals surface area contributed by atoms with Gasteiger partial charge < -0.3 is 9.84 Å². The van der Waals surface area contributed by atoms with Crippen LogP contribution in [0.15, 0.2) is 36.4 Å². The van der Waals surface area contributed by atoms with Gasteiger partial charge in [0.05, 0.1) is 13.0 Å². The summed E-state index contributed by atoms with van der Waals surface area (Å²) in [5, 5.41) is 8.81. The summed E-state index contributed by atoms with van der Waals surface area (Å²) in [5.74, 6) is 0.157. The van der Waals surface area contributed by atoms with Crippen LogP contribution in [0.4, 0.5) is 0 Å². The third-order valence-corrected chi connectivity index (χ3v) is 3.55. The molecule has 0 unspecified atom stereocenters. The van der Waals surface area contributed by atoms with Crippen LogP contribution in [0.2, 0.25) is 0 Å². The highest BCUT2D eigenvalue weighted by atomic mass is 16.5. The van der Waals surface area contributed by atoms with Crippen molar-refractivity contribution in [3.05, 3.63) is 53.1 Å². The second kappa shape index (κ2) is 7.12. The molecule has 2 rings (SSSR count). The van der Waals surface area contributed by atoms with Crippen molar-refractivity contribution in [2.24, 2.45) is 0 Å². The number of rotatable bonds is 6. The maximum absolute atomic E-state index is 10.7. The van der Waals surface area contributed by atoms with E-state index in [-0.39, 0.29) is 6.42 Å². The maximum atomic E-state index is 10.7. The average molecular weight is 298 g/mol. The van der Waals surface area contributed by atoms with E-state index in [1.165, 1.54) is 0 Å². The van der Waals surface area contributed by atoms with Crippen LogP contribution in [0.3, 0.4) is 0 Å². The summed E-state index contributed by atoms with van der Waals surface area (Å²) in [6, 6.07) is 11.9. The summed E-state index contributed by atoms with van der Waals surface area (Å²) >= 11 is 0. The first-order chi connectivity index (χ1) is 10.5. The van der Waals surface area contributed by atoms with E-state index in [0.29, 0.717) is 0 Å². The summed E-state index contributed by atoms with van der Waals surface area (Å²) in [7, 11) is 0. The van der Waals surface area contributed by atoms with Crippen LogP contribution >= 0.6 is 0 Å². The summed E-state index contributed by atoms with van der Waals surface area (Å²) < 4.78 is 5.81. The largest absolute Gasteiger partial charge is 0.493 e. The summed E-state index contributed by atoms with van der Waals surface area (Å²) in [4.78, 5) is 10.7. The van der Waals surface area contributed by atoms with Gasteiger partial charge in [0.25, 0.3) is 0 Å². The third kappa shape index (κ3) is 3.88. The fraction of sp³-hybridized carbons (Fsp3) is 0.316. The first kappa shape index (κ1) is 16.1. The number of carboxylic acids is 1. The lowest BCUT2D eigenvalue weighted by atomic mass is 9.98. The minimum absolute atomic E-state index is 0.0577. The fourth-order valence-corrected chi connectivity index (χ4v) is 2.54. The van der Waals surface area contributed by atoms with E-state index in [2.05, 4.69) is 32.9 Å². The average Bonchev–Trinajstić information content (AvgIpc) is 2.46. The van der Waals surface area contributed by atoms with Gasteiger partial charge in [-0.2, -0.15) is 0 Å². The molecule has 0 atom stereocenters. The van der Waals surface area contributed by atoms with E-state index in [4.69, 9.17) is 9.84 Å². The van der Waals surface area contributed by atoms with Crippen LogP contribution in [0, 0.1) is 13.8 Å². The standard InChI is InChI=1S/C19H22O3/c1-4-9-22-19-13(2)10-17(11-14(19)3)16-7-5-15(6-8-16)12-18(20)21/h5-8,10-11H,4,9,12H2,1-3H3,(H,20,21). The smallest absolute Gasteiger partial charge is 0.307 e. The molecule has 3 heteroatoms. The Kier molecular flexibility index (Phi) is 5.21. The summed E-state index contributed by atoms with van der Waals surface area (Å²) in [5.41, 5.74) is 5.27. The highest BCUT2D eigenvalue weighted by Crippen LogP contribution is 2.30. The van der Waals surface area contributed by atoms with Crippen LogP contribution in [0.5, 0.6) is 5.75 Å². The van der Waals surface area contributed by atoms with Crippen molar-refractivity contribution in [2.75, 3.05) is 6.61 Å². The molecule has 0 radical (unpaired) electrons. The van der Waals surface area contributed by atoms with Crippen molar-refractivity contribution in [3.8, 4) is 16.9 Å². The Hall–Kier alpha value is -2.29. The van der Waals surface area contributed by atoms with Crippen molar-refractivity contribution in [2.45, 2.75) is 33.6 Å². The molecule has 0 aromatic heterocycles. The Balaban J connectivity index is 2.27. The van der Waals surface area contributed by atoms with Gasteiger partial charge >= 0.3 is 5.97 Å². The minimum atomic E-state index is -0.808. The summed E-state index contributed by atoms with van der Waals surface area (Å²) in [6.07, 6.45) is 1.05. The zero-order chi connectivity index (χ0) is 16.1. The molecule has 2 aromatic rings. The zero-order valence-corrected chi connectivity index (χ0v) is 13.3. The van der Waals surface area contributed by atoms with Gasteiger partial charge in [-0.25, -0.2) is 0 Å². The molecule has 0 aliphatic carbocycles. The molecule has 0 aliphatic heterocycles. The van der Waals surface area contributed by atoms with Gasteiger partial charge in [0, 0.05) is 0 Å². The van der Waals surface area contributed by atoms with E-state index < -0.39 is 5.97 Å². The quantitative estimate of drug-likeness (QED) is 0.860. The molecule has 0 saturated carbocycles. The number of hydrogen-bond acceptors (Lipinski definition) is 2. The predicted octanol–water partition coefficient (Wildman–Crippen LogP) is 4.39. The topological polar surface area (TPSA) is 46.5 Å². The van der Waals surface area contributed by atoms with Gasteiger partial charge in [0.2, 0.25) is 0 Å². The van der Waals surface area contributed by atoms with Crippen LogP contribution < -0.4 is 4.74 Å². The molecule has 3 nitrogen and oxygen atoms in total. The second-order valence-corrected chi connectivity index (χ2v) is 5.56. The minimum Gasteiger partial charge on any atom is -0.493 e. The molecule has 2 aromatic carbocycles. The Morgan fingerprint density at radius 1 is 1.05 bits per heavy atom. The number of carbonyl (C=O) groups is 1. The van der Waals surface area contributed by atoms with E-state index in [1.807, 2.05) is 24.3 Å². The van der Waals surface area contributed by atoms with E-state index in [1.54, 1.807) is 0 Å². The molecule has 1 N–H and O–H groups in total. The van der Waals surface area contributed by atoms with Crippen LogP contribution in [-0.2, 0) is 11.2 Å². The Bertz CT molecular complexity index is 634. The van der Waals surface area contributed by atoms with Crippen LogP contribution in [-0.4, -0.2) is 17.7 Å². The van der Waals surface area contributed by atoms with Gasteiger partial charge in [-0.3, -0.25) is 4.79 Å². The molecule has 0 aliphatic rings. The molecular formula is C19H22O3. The number of hydrogen-bond donors (Lipinski definition) is 1. The molecule has 0 fully saturated rings. The monoisotopic (exact) mass is 298 g/mol. The van der Waals surface area contributed by atoms with E-state index >= 15 is 0 Å². The van der Waals surface area contributed by atoms with Crippen LogP contribution in [0.25, 0.3) is 11.1 Å². The lowest BCUT2D eigenvalue weighted by Gasteiger charge is -2.14. The van der Waals surface area contributed by atoms with Gasteiger partial charge in [0.1, 0.15) is 5.75 Å².